The fourth-order valence-corrected chi connectivity index (χ4v) is 2.25. The molecule has 2 atom stereocenters. The van der Waals surface area contributed by atoms with Gasteiger partial charge in [-0.05, 0) is 45.2 Å². The second-order valence-corrected chi connectivity index (χ2v) is 5.31. The molecule has 2 unspecified atom stereocenters. The molecule has 1 aliphatic heterocycles. The van der Waals surface area contributed by atoms with Crippen molar-refractivity contribution in [1.82, 2.24) is 4.90 Å². The third-order valence-corrected chi connectivity index (χ3v) is 3.43. The summed E-state index contributed by atoms with van der Waals surface area (Å²) in [5.41, 5.74) is 5.51. The highest BCUT2D eigenvalue weighted by molar-refractivity contribution is 4.82. The zero-order chi connectivity index (χ0) is 11.3. The van der Waals surface area contributed by atoms with Gasteiger partial charge in [0, 0.05) is 12.1 Å². The maximum absolute atomic E-state index is 9.06. The molecule has 1 saturated heterocycles. The van der Waals surface area contributed by atoms with Crippen LogP contribution in [0.3, 0.4) is 0 Å². The molecular formula is C12H26N2O. The zero-order valence-corrected chi connectivity index (χ0v) is 10.2. The molecule has 1 fully saturated rings. The highest BCUT2D eigenvalue weighted by atomic mass is 16.3. The van der Waals surface area contributed by atoms with E-state index in [9.17, 15) is 0 Å². The minimum absolute atomic E-state index is 0.0826. The van der Waals surface area contributed by atoms with Gasteiger partial charge in [-0.2, -0.15) is 0 Å². The second kappa shape index (κ2) is 5.83. The average molecular weight is 214 g/mol. The minimum Gasteiger partial charge on any atom is -0.394 e. The molecule has 0 saturated carbocycles. The number of nitrogens with two attached hydrogens (primary N) is 1. The summed E-state index contributed by atoms with van der Waals surface area (Å²) in [7, 11) is 0. The Hall–Kier alpha value is -0.120. The Morgan fingerprint density at radius 3 is 2.87 bits per heavy atom. The first kappa shape index (κ1) is 12.9. The van der Waals surface area contributed by atoms with Crippen molar-refractivity contribution in [2.45, 2.75) is 45.1 Å². The predicted octanol–water partition coefficient (Wildman–Crippen LogP) is 1.21. The molecule has 3 heteroatoms. The maximum atomic E-state index is 9.06. The van der Waals surface area contributed by atoms with Gasteiger partial charge in [0.1, 0.15) is 0 Å². The van der Waals surface area contributed by atoms with Gasteiger partial charge in [0.05, 0.1) is 6.61 Å². The summed E-state index contributed by atoms with van der Waals surface area (Å²) in [4.78, 5) is 2.49. The summed E-state index contributed by atoms with van der Waals surface area (Å²) in [5.74, 6) is 0.896. The number of hydrogen-bond donors (Lipinski definition) is 2. The first-order valence-corrected chi connectivity index (χ1v) is 6.19. The standard InChI is InChI=1S/C12H26N2O/c1-3-4-11-5-7-14(9-11)8-6-12(2,13)10-15/h11,15H,3-10,13H2,1-2H3. The lowest BCUT2D eigenvalue weighted by molar-refractivity contribution is 0.181. The fraction of sp³-hybridized carbons (Fsp3) is 1.00. The molecule has 0 aromatic rings. The van der Waals surface area contributed by atoms with Crippen molar-refractivity contribution >= 4 is 0 Å². The van der Waals surface area contributed by atoms with E-state index >= 15 is 0 Å². The highest BCUT2D eigenvalue weighted by Crippen LogP contribution is 2.21. The van der Waals surface area contributed by atoms with Crippen LogP contribution >= 0.6 is 0 Å². The monoisotopic (exact) mass is 214 g/mol. The summed E-state index contributed by atoms with van der Waals surface area (Å²) >= 11 is 0. The van der Waals surface area contributed by atoms with Crippen molar-refractivity contribution in [3.05, 3.63) is 0 Å². The highest BCUT2D eigenvalue weighted by Gasteiger charge is 2.24. The van der Waals surface area contributed by atoms with Gasteiger partial charge >= 0.3 is 0 Å². The minimum atomic E-state index is -0.400. The molecule has 1 aliphatic rings. The molecule has 0 aliphatic carbocycles. The number of rotatable bonds is 6. The van der Waals surface area contributed by atoms with Crippen molar-refractivity contribution in [2.75, 3.05) is 26.2 Å². The first-order chi connectivity index (χ1) is 7.07. The van der Waals surface area contributed by atoms with E-state index in [-0.39, 0.29) is 6.61 Å². The molecule has 15 heavy (non-hydrogen) atoms. The Labute approximate surface area is 93.6 Å². The molecule has 90 valence electrons. The quantitative estimate of drug-likeness (QED) is 0.698. The third kappa shape index (κ3) is 4.49. The van der Waals surface area contributed by atoms with E-state index < -0.39 is 5.54 Å². The predicted molar refractivity (Wildman–Crippen MR) is 63.8 cm³/mol. The lowest BCUT2D eigenvalue weighted by atomic mass is 10.0. The average Bonchev–Trinajstić information content (AvgIpc) is 2.64. The number of aliphatic hydroxyl groups excluding tert-OH is 1. The Morgan fingerprint density at radius 2 is 2.27 bits per heavy atom. The van der Waals surface area contributed by atoms with Crippen molar-refractivity contribution in [1.29, 1.82) is 0 Å². The van der Waals surface area contributed by atoms with Gasteiger partial charge in [-0.3, -0.25) is 0 Å². The Morgan fingerprint density at radius 1 is 1.53 bits per heavy atom. The van der Waals surface area contributed by atoms with Gasteiger partial charge in [-0.1, -0.05) is 13.3 Å². The molecule has 3 N–H and O–H groups in total. The van der Waals surface area contributed by atoms with Crippen LogP contribution in [0.1, 0.15) is 39.5 Å². The second-order valence-electron chi connectivity index (χ2n) is 5.31. The van der Waals surface area contributed by atoms with E-state index in [1.165, 1.54) is 32.4 Å². The van der Waals surface area contributed by atoms with E-state index in [0.29, 0.717) is 0 Å². The van der Waals surface area contributed by atoms with Gasteiger partial charge in [0.2, 0.25) is 0 Å². The lowest BCUT2D eigenvalue weighted by Gasteiger charge is -2.25. The number of hydrogen-bond acceptors (Lipinski definition) is 3. The zero-order valence-electron chi connectivity index (χ0n) is 10.2. The van der Waals surface area contributed by atoms with Crippen LogP contribution in [0.4, 0.5) is 0 Å². The van der Waals surface area contributed by atoms with Crippen molar-refractivity contribution in [2.24, 2.45) is 11.7 Å². The lowest BCUT2D eigenvalue weighted by Crippen LogP contribution is -2.43. The van der Waals surface area contributed by atoms with E-state index in [1.54, 1.807) is 0 Å². The molecule has 3 nitrogen and oxygen atoms in total. The smallest absolute Gasteiger partial charge is 0.0608 e. The molecule has 0 spiro atoms. The molecule has 0 aromatic carbocycles. The third-order valence-electron chi connectivity index (χ3n) is 3.43. The van der Waals surface area contributed by atoms with Gasteiger partial charge in [-0.15, -0.1) is 0 Å². The summed E-state index contributed by atoms with van der Waals surface area (Å²) in [6.45, 7) is 7.74. The summed E-state index contributed by atoms with van der Waals surface area (Å²) in [5, 5.41) is 9.06. The van der Waals surface area contributed by atoms with E-state index in [0.717, 1.165) is 18.9 Å². The number of likely N-dealkylation sites (tertiary alicyclic amines) is 1. The Bertz CT molecular complexity index is 182. The van der Waals surface area contributed by atoms with E-state index in [1.807, 2.05) is 6.92 Å². The van der Waals surface area contributed by atoms with Crippen LogP contribution in [0.5, 0.6) is 0 Å². The van der Waals surface area contributed by atoms with Crippen molar-refractivity contribution in [3.63, 3.8) is 0 Å². The van der Waals surface area contributed by atoms with Crippen LogP contribution < -0.4 is 5.73 Å². The van der Waals surface area contributed by atoms with Crippen LogP contribution in [0.2, 0.25) is 0 Å². The fourth-order valence-electron chi connectivity index (χ4n) is 2.25. The van der Waals surface area contributed by atoms with E-state index in [4.69, 9.17) is 10.8 Å². The van der Waals surface area contributed by atoms with Gasteiger partial charge in [0.25, 0.3) is 0 Å². The van der Waals surface area contributed by atoms with Gasteiger partial charge < -0.3 is 15.7 Å². The SMILES string of the molecule is CCCC1CCN(CCC(C)(N)CO)C1. The molecule has 1 rings (SSSR count). The van der Waals surface area contributed by atoms with Gasteiger partial charge in [0.15, 0.2) is 0 Å². The number of aliphatic hydroxyl groups is 1. The topological polar surface area (TPSA) is 49.5 Å². The Balaban J connectivity index is 2.19. The van der Waals surface area contributed by atoms with Crippen LogP contribution in [0.15, 0.2) is 0 Å². The van der Waals surface area contributed by atoms with Crippen LogP contribution in [-0.4, -0.2) is 41.8 Å². The van der Waals surface area contributed by atoms with Crippen molar-refractivity contribution in [3.8, 4) is 0 Å². The molecule has 0 aromatic heterocycles. The largest absolute Gasteiger partial charge is 0.394 e. The van der Waals surface area contributed by atoms with Crippen molar-refractivity contribution < 1.29 is 5.11 Å². The molecule has 0 radical (unpaired) electrons. The van der Waals surface area contributed by atoms with Gasteiger partial charge in [-0.25, -0.2) is 0 Å². The Kier molecular flexibility index (Phi) is 5.03. The maximum Gasteiger partial charge on any atom is 0.0608 e. The number of nitrogens with zero attached hydrogens (tertiary/aromatic N) is 1. The van der Waals surface area contributed by atoms with Crippen LogP contribution in [0, 0.1) is 5.92 Å². The van der Waals surface area contributed by atoms with Crippen LogP contribution in [-0.2, 0) is 0 Å². The summed E-state index contributed by atoms with van der Waals surface area (Å²) < 4.78 is 0. The first-order valence-electron chi connectivity index (χ1n) is 6.19. The summed E-state index contributed by atoms with van der Waals surface area (Å²) in [6.07, 6.45) is 4.89. The summed E-state index contributed by atoms with van der Waals surface area (Å²) in [6, 6.07) is 0. The molecule has 1 heterocycles. The van der Waals surface area contributed by atoms with E-state index in [2.05, 4.69) is 11.8 Å². The normalized spacial score (nSPS) is 26.8. The molecule has 0 bridgehead atoms. The molecule has 0 amide bonds. The molecular weight excluding hydrogens is 188 g/mol. The van der Waals surface area contributed by atoms with Crippen LogP contribution in [0.25, 0.3) is 0 Å².